The zero-order valence-corrected chi connectivity index (χ0v) is 21.4. The molecule has 0 saturated heterocycles. The van der Waals surface area contributed by atoms with Gasteiger partial charge in [0, 0.05) is 29.1 Å². The van der Waals surface area contributed by atoms with E-state index in [4.69, 9.17) is 28.3 Å². The Labute approximate surface area is 211 Å². The monoisotopic (exact) mass is 527 g/mol. The molecule has 0 saturated carbocycles. The van der Waals surface area contributed by atoms with Crippen LogP contribution in [0.2, 0.25) is 10.0 Å². The van der Waals surface area contributed by atoms with Gasteiger partial charge in [-0.1, -0.05) is 80.3 Å². The third-order valence-corrected chi connectivity index (χ3v) is 7.45. The first-order chi connectivity index (χ1) is 16.2. The number of nitrogens with one attached hydrogen (secondary N) is 1. The first-order valence-electron chi connectivity index (χ1n) is 11.5. The zero-order chi connectivity index (χ0) is 25.0. The molecule has 0 fully saturated rings. The summed E-state index contributed by atoms with van der Waals surface area (Å²) in [4.78, 5) is 23.3. The van der Waals surface area contributed by atoms with Gasteiger partial charge in [0.2, 0.25) is 10.0 Å². The summed E-state index contributed by atoms with van der Waals surface area (Å²) in [6, 6.07) is 10.5. The first-order valence-corrected chi connectivity index (χ1v) is 13.8. The van der Waals surface area contributed by atoms with E-state index in [-0.39, 0.29) is 33.2 Å². The fraction of sp³-hybridized carbons (Fsp3) is 0.440. The number of rotatable bonds is 16. The number of carbonyl (C=O) groups excluding carboxylic acids is 1. The van der Waals surface area contributed by atoms with E-state index in [1.165, 1.54) is 30.3 Å². The molecule has 0 atom stereocenters. The molecule has 0 amide bonds. The van der Waals surface area contributed by atoms with Crippen molar-refractivity contribution < 1.29 is 23.1 Å². The molecule has 0 aromatic heterocycles. The van der Waals surface area contributed by atoms with Crippen molar-refractivity contribution in [1.82, 2.24) is 4.72 Å². The van der Waals surface area contributed by atoms with Crippen LogP contribution in [0.1, 0.15) is 80.1 Å². The maximum Gasteiger partial charge on any atom is 0.303 e. The molecule has 0 radical (unpaired) electrons. The van der Waals surface area contributed by atoms with Gasteiger partial charge in [-0.05, 0) is 43.2 Å². The van der Waals surface area contributed by atoms with Crippen molar-refractivity contribution in [3.63, 3.8) is 0 Å². The van der Waals surface area contributed by atoms with Gasteiger partial charge in [0.25, 0.3) is 0 Å². The van der Waals surface area contributed by atoms with Crippen molar-refractivity contribution in [1.29, 1.82) is 0 Å². The molecule has 34 heavy (non-hydrogen) atoms. The van der Waals surface area contributed by atoms with E-state index >= 15 is 0 Å². The van der Waals surface area contributed by atoms with E-state index in [9.17, 15) is 18.0 Å². The second kappa shape index (κ2) is 14.5. The summed E-state index contributed by atoms with van der Waals surface area (Å²) in [7, 11) is -3.73. The van der Waals surface area contributed by atoms with Crippen molar-refractivity contribution in [2.75, 3.05) is 6.54 Å². The minimum Gasteiger partial charge on any atom is -0.481 e. The number of sulfonamides is 1. The highest BCUT2D eigenvalue weighted by Gasteiger charge is 2.18. The number of hydrogen-bond acceptors (Lipinski definition) is 4. The largest absolute Gasteiger partial charge is 0.481 e. The van der Waals surface area contributed by atoms with Crippen molar-refractivity contribution in [3.8, 4) is 0 Å². The predicted molar refractivity (Wildman–Crippen MR) is 135 cm³/mol. The molecule has 2 rings (SSSR count). The molecule has 0 spiro atoms. The van der Waals surface area contributed by atoms with Crippen LogP contribution in [0.5, 0.6) is 0 Å². The Morgan fingerprint density at radius 1 is 0.824 bits per heavy atom. The lowest BCUT2D eigenvalue weighted by Gasteiger charge is -2.09. The highest BCUT2D eigenvalue weighted by atomic mass is 35.5. The van der Waals surface area contributed by atoms with Crippen LogP contribution in [0.4, 0.5) is 0 Å². The Balaban J connectivity index is 1.73. The predicted octanol–water partition coefficient (Wildman–Crippen LogP) is 6.49. The van der Waals surface area contributed by atoms with Gasteiger partial charge in [-0.15, -0.1) is 0 Å². The second-order valence-electron chi connectivity index (χ2n) is 8.20. The van der Waals surface area contributed by atoms with Crippen LogP contribution in [0, 0.1) is 0 Å². The average molecular weight is 528 g/mol. The fourth-order valence-corrected chi connectivity index (χ4v) is 5.18. The Hall–Kier alpha value is -1.93. The van der Waals surface area contributed by atoms with E-state index in [1.54, 1.807) is 12.1 Å². The van der Waals surface area contributed by atoms with Crippen LogP contribution >= 0.6 is 23.2 Å². The molecule has 0 aliphatic heterocycles. The number of aliphatic carboxylic acids is 1. The van der Waals surface area contributed by atoms with Crippen LogP contribution < -0.4 is 4.72 Å². The van der Waals surface area contributed by atoms with E-state index in [1.807, 2.05) is 0 Å². The summed E-state index contributed by atoms with van der Waals surface area (Å²) in [6.45, 7) is 0.332. The first kappa shape index (κ1) is 28.3. The van der Waals surface area contributed by atoms with Crippen molar-refractivity contribution >= 4 is 45.0 Å². The Morgan fingerprint density at radius 3 is 2.06 bits per heavy atom. The standard InChI is InChI=1S/C25H31Cl2NO5S/c26-20-14-15-22(23(27)18-20)25(31)19-11-10-12-21(17-19)34(32,33)28-16-9-7-5-3-1-2-4-6-8-13-24(29)30/h10-12,14-15,17-18,28H,1-9,13,16H2,(H,29,30). The lowest BCUT2D eigenvalue weighted by atomic mass is 10.0. The molecule has 0 aliphatic carbocycles. The van der Waals surface area contributed by atoms with Gasteiger partial charge in [-0.25, -0.2) is 13.1 Å². The van der Waals surface area contributed by atoms with Crippen LogP contribution in [0.25, 0.3) is 0 Å². The molecule has 2 aromatic carbocycles. The Morgan fingerprint density at radius 2 is 1.44 bits per heavy atom. The van der Waals surface area contributed by atoms with E-state index in [2.05, 4.69) is 4.72 Å². The number of hydrogen-bond donors (Lipinski definition) is 2. The molecule has 186 valence electrons. The number of halogens is 2. The maximum atomic E-state index is 12.8. The summed E-state index contributed by atoms with van der Waals surface area (Å²) in [5.74, 6) is -1.11. The molecule has 0 aliphatic rings. The molecular weight excluding hydrogens is 497 g/mol. The third-order valence-electron chi connectivity index (χ3n) is 5.44. The second-order valence-corrected chi connectivity index (χ2v) is 10.8. The Kier molecular flexibility index (Phi) is 12.0. The number of unbranched alkanes of at least 4 members (excludes halogenated alkanes) is 8. The van der Waals surface area contributed by atoms with Gasteiger partial charge in [0.15, 0.2) is 5.78 Å². The number of benzene rings is 2. The zero-order valence-electron chi connectivity index (χ0n) is 19.1. The number of ketones is 1. The summed E-state index contributed by atoms with van der Waals surface area (Å²) in [5, 5.41) is 9.22. The van der Waals surface area contributed by atoms with Gasteiger partial charge in [0.05, 0.1) is 9.92 Å². The minimum atomic E-state index is -3.73. The summed E-state index contributed by atoms with van der Waals surface area (Å²) in [6.07, 6.45) is 8.97. The number of carbonyl (C=O) groups is 2. The van der Waals surface area contributed by atoms with Gasteiger partial charge in [-0.3, -0.25) is 9.59 Å². The van der Waals surface area contributed by atoms with Crippen molar-refractivity contribution in [2.24, 2.45) is 0 Å². The summed E-state index contributed by atoms with van der Waals surface area (Å²) < 4.78 is 27.9. The molecule has 6 nitrogen and oxygen atoms in total. The van der Waals surface area contributed by atoms with Gasteiger partial charge >= 0.3 is 5.97 Å². The smallest absolute Gasteiger partial charge is 0.303 e. The minimum absolute atomic E-state index is 0.0336. The lowest BCUT2D eigenvalue weighted by Crippen LogP contribution is -2.25. The third kappa shape index (κ3) is 9.74. The molecule has 0 heterocycles. The van der Waals surface area contributed by atoms with Crippen LogP contribution in [-0.2, 0) is 14.8 Å². The lowest BCUT2D eigenvalue weighted by molar-refractivity contribution is -0.137. The van der Waals surface area contributed by atoms with Gasteiger partial charge in [0.1, 0.15) is 0 Å². The van der Waals surface area contributed by atoms with Gasteiger partial charge < -0.3 is 5.11 Å². The molecule has 2 aromatic rings. The highest BCUT2D eigenvalue weighted by molar-refractivity contribution is 7.89. The molecule has 2 N–H and O–H groups in total. The summed E-state index contributed by atoms with van der Waals surface area (Å²) >= 11 is 12.0. The van der Waals surface area contributed by atoms with Crippen molar-refractivity contribution in [2.45, 2.75) is 69.1 Å². The fourth-order valence-electron chi connectivity index (χ4n) is 3.56. The number of carboxylic acids is 1. The maximum absolute atomic E-state index is 12.8. The van der Waals surface area contributed by atoms with E-state index in [0.29, 0.717) is 11.6 Å². The number of carboxylic acid groups (broad SMARTS) is 1. The molecular formula is C25H31Cl2NO5S. The topological polar surface area (TPSA) is 101 Å². The van der Waals surface area contributed by atoms with Crippen LogP contribution in [0.3, 0.4) is 0 Å². The average Bonchev–Trinajstić information content (AvgIpc) is 2.79. The van der Waals surface area contributed by atoms with Crippen LogP contribution in [-0.4, -0.2) is 31.8 Å². The Bertz CT molecular complexity index is 1070. The van der Waals surface area contributed by atoms with E-state index in [0.717, 1.165) is 57.8 Å². The van der Waals surface area contributed by atoms with Crippen LogP contribution in [0.15, 0.2) is 47.4 Å². The molecule has 0 unspecified atom stereocenters. The quantitative estimate of drug-likeness (QED) is 0.192. The molecule has 9 heteroatoms. The normalized spacial score (nSPS) is 11.5. The SMILES string of the molecule is O=C(O)CCCCCCCCCCCNS(=O)(=O)c1cccc(C(=O)c2ccc(Cl)cc2Cl)c1. The highest BCUT2D eigenvalue weighted by Crippen LogP contribution is 2.24. The summed E-state index contributed by atoms with van der Waals surface area (Å²) in [5.41, 5.74) is 0.490. The van der Waals surface area contributed by atoms with Gasteiger partial charge in [-0.2, -0.15) is 0 Å². The van der Waals surface area contributed by atoms with E-state index < -0.39 is 16.0 Å². The van der Waals surface area contributed by atoms with Crippen molar-refractivity contribution in [3.05, 3.63) is 63.6 Å². The molecule has 0 bridgehead atoms.